The summed E-state index contributed by atoms with van der Waals surface area (Å²) in [6.45, 7) is 2.10. The van der Waals surface area contributed by atoms with Gasteiger partial charge in [0, 0.05) is 18.7 Å². The van der Waals surface area contributed by atoms with E-state index >= 15 is 0 Å². The van der Waals surface area contributed by atoms with Gasteiger partial charge in [0.1, 0.15) is 0 Å². The zero-order valence-corrected chi connectivity index (χ0v) is 11.6. The van der Waals surface area contributed by atoms with Gasteiger partial charge in [-0.15, -0.1) is 0 Å². The molecule has 0 unspecified atom stereocenters. The zero-order chi connectivity index (χ0) is 14.7. The van der Waals surface area contributed by atoms with Crippen LogP contribution in [0.5, 0.6) is 0 Å². The van der Waals surface area contributed by atoms with Gasteiger partial charge in [0.25, 0.3) is 5.91 Å². The van der Waals surface area contributed by atoms with Crippen LogP contribution in [-0.4, -0.2) is 11.8 Å². The molecule has 2 heterocycles. The molecule has 0 spiro atoms. The van der Waals surface area contributed by atoms with E-state index in [1.54, 1.807) is 18.2 Å². The third-order valence-corrected chi connectivity index (χ3v) is 3.62. The molecule has 0 fully saturated rings. The number of benzene rings is 2. The van der Waals surface area contributed by atoms with Crippen LogP contribution in [0.3, 0.4) is 0 Å². The first-order valence-corrected chi connectivity index (χ1v) is 6.93. The van der Waals surface area contributed by atoms with Crippen molar-refractivity contribution in [3.8, 4) is 0 Å². The van der Waals surface area contributed by atoms with Crippen molar-refractivity contribution in [1.29, 1.82) is 0 Å². The Morgan fingerprint density at radius 3 is 2.00 bits per heavy atom. The van der Waals surface area contributed by atoms with E-state index in [0.29, 0.717) is 12.0 Å². The SMILES string of the molecule is O=C1Cc2ccccc2C(=O)N1.c1ccc2c(c1)CNC2. The van der Waals surface area contributed by atoms with Crippen LogP contribution in [0.2, 0.25) is 0 Å². The molecule has 0 aromatic heterocycles. The second-order valence-corrected chi connectivity index (χ2v) is 5.08. The number of imide groups is 1. The van der Waals surface area contributed by atoms with Crippen molar-refractivity contribution >= 4 is 11.8 Å². The van der Waals surface area contributed by atoms with Crippen molar-refractivity contribution in [3.63, 3.8) is 0 Å². The summed E-state index contributed by atoms with van der Waals surface area (Å²) in [5.41, 5.74) is 4.33. The summed E-state index contributed by atoms with van der Waals surface area (Å²) in [5, 5.41) is 5.55. The third-order valence-electron chi connectivity index (χ3n) is 3.62. The quantitative estimate of drug-likeness (QED) is 0.723. The predicted octanol–water partition coefficient (Wildman–Crippen LogP) is 1.79. The first kappa shape index (κ1) is 13.5. The number of rotatable bonds is 0. The Kier molecular flexibility index (Phi) is 3.79. The maximum Gasteiger partial charge on any atom is 0.258 e. The van der Waals surface area contributed by atoms with Crippen molar-refractivity contribution in [2.24, 2.45) is 0 Å². The second kappa shape index (κ2) is 5.89. The number of hydrogen-bond donors (Lipinski definition) is 2. The van der Waals surface area contributed by atoms with Gasteiger partial charge >= 0.3 is 0 Å². The van der Waals surface area contributed by atoms with Gasteiger partial charge in [-0.25, -0.2) is 0 Å². The Morgan fingerprint density at radius 2 is 1.33 bits per heavy atom. The topological polar surface area (TPSA) is 58.2 Å². The Balaban J connectivity index is 0.000000131. The highest BCUT2D eigenvalue weighted by molar-refractivity contribution is 6.09. The minimum absolute atomic E-state index is 0.223. The monoisotopic (exact) mass is 280 g/mol. The van der Waals surface area contributed by atoms with Gasteiger partial charge in [0.2, 0.25) is 5.91 Å². The van der Waals surface area contributed by atoms with Gasteiger partial charge in [0.05, 0.1) is 6.42 Å². The molecule has 21 heavy (non-hydrogen) atoms. The summed E-state index contributed by atoms with van der Waals surface area (Å²) in [6, 6.07) is 15.7. The lowest BCUT2D eigenvalue weighted by atomic mass is 10.0. The average Bonchev–Trinajstić information content (AvgIpc) is 2.96. The smallest absolute Gasteiger partial charge is 0.258 e. The molecular weight excluding hydrogens is 264 g/mol. The fraction of sp³-hybridized carbons (Fsp3) is 0.176. The van der Waals surface area contributed by atoms with E-state index in [0.717, 1.165) is 18.7 Å². The van der Waals surface area contributed by atoms with E-state index in [9.17, 15) is 9.59 Å². The first-order valence-electron chi connectivity index (χ1n) is 6.93. The number of nitrogens with one attached hydrogen (secondary N) is 2. The molecule has 106 valence electrons. The summed E-state index contributed by atoms with van der Waals surface area (Å²) < 4.78 is 0. The van der Waals surface area contributed by atoms with Crippen molar-refractivity contribution in [3.05, 3.63) is 70.8 Å². The van der Waals surface area contributed by atoms with Gasteiger partial charge in [-0.3, -0.25) is 14.9 Å². The molecule has 2 aromatic carbocycles. The molecule has 2 aliphatic rings. The van der Waals surface area contributed by atoms with Crippen LogP contribution in [0.1, 0.15) is 27.0 Å². The van der Waals surface area contributed by atoms with E-state index in [2.05, 4.69) is 34.9 Å². The van der Waals surface area contributed by atoms with Gasteiger partial charge in [-0.1, -0.05) is 42.5 Å². The molecule has 0 saturated heterocycles. The number of amides is 2. The van der Waals surface area contributed by atoms with E-state index in [4.69, 9.17) is 0 Å². The number of carbonyl (C=O) groups is 2. The standard InChI is InChI=1S/C9H7NO2.C8H9N/c11-8-5-6-3-1-2-4-7(6)9(12)10-8;1-2-4-8-6-9-5-7(8)3-1/h1-4H,5H2,(H,10,11,12);1-4,9H,5-6H2. The maximum atomic E-state index is 11.2. The van der Waals surface area contributed by atoms with Crippen LogP contribution < -0.4 is 10.6 Å². The average molecular weight is 280 g/mol. The molecule has 2 aromatic rings. The normalized spacial score (nSPS) is 15.4. The van der Waals surface area contributed by atoms with Crippen molar-refractivity contribution in [2.45, 2.75) is 19.5 Å². The number of hydrogen-bond acceptors (Lipinski definition) is 3. The molecular formula is C17H16N2O2. The van der Waals surface area contributed by atoms with Gasteiger partial charge in [0.15, 0.2) is 0 Å². The molecule has 0 bridgehead atoms. The summed E-state index contributed by atoms with van der Waals surface area (Å²) in [5.74, 6) is -0.513. The lowest BCUT2D eigenvalue weighted by molar-refractivity contribution is -0.119. The fourth-order valence-corrected chi connectivity index (χ4v) is 2.54. The summed E-state index contributed by atoms with van der Waals surface area (Å²) in [6.07, 6.45) is 0.307. The maximum absolute atomic E-state index is 11.2. The lowest BCUT2D eigenvalue weighted by Crippen LogP contribution is -2.37. The van der Waals surface area contributed by atoms with E-state index in [1.807, 2.05) is 6.07 Å². The van der Waals surface area contributed by atoms with E-state index in [1.165, 1.54) is 11.1 Å². The van der Waals surface area contributed by atoms with Crippen molar-refractivity contribution in [1.82, 2.24) is 10.6 Å². The molecule has 2 amide bonds. The lowest BCUT2D eigenvalue weighted by Gasteiger charge is -2.13. The molecule has 4 rings (SSSR count). The van der Waals surface area contributed by atoms with Gasteiger partial charge < -0.3 is 5.32 Å². The van der Waals surface area contributed by atoms with Crippen LogP contribution >= 0.6 is 0 Å². The number of carbonyl (C=O) groups excluding carboxylic acids is 2. The molecule has 4 heteroatoms. The molecule has 0 radical (unpaired) electrons. The Labute approximate surface area is 123 Å². The summed E-state index contributed by atoms with van der Waals surface area (Å²) in [7, 11) is 0. The summed E-state index contributed by atoms with van der Waals surface area (Å²) >= 11 is 0. The summed E-state index contributed by atoms with van der Waals surface area (Å²) in [4.78, 5) is 22.1. The van der Waals surface area contributed by atoms with E-state index in [-0.39, 0.29) is 11.8 Å². The molecule has 2 N–H and O–H groups in total. The highest BCUT2D eigenvalue weighted by atomic mass is 16.2. The minimum Gasteiger partial charge on any atom is -0.309 e. The Hall–Kier alpha value is -2.46. The van der Waals surface area contributed by atoms with Crippen molar-refractivity contribution < 1.29 is 9.59 Å². The first-order chi connectivity index (χ1) is 10.2. The molecule has 4 nitrogen and oxygen atoms in total. The molecule has 0 atom stereocenters. The minimum atomic E-state index is -0.290. The fourth-order valence-electron chi connectivity index (χ4n) is 2.54. The molecule has 0 saturated carbocycles. The Bertz CT molecular complexity index is 672. The largest absolute Gasteiger partial charge is 0.309 e. The Morgan fingerprint density at radius 1 is 0.762 bits per heavy atom. The predicted molar refractivity (Wildman–Crippen MR) is 79.6 cm³/mol. The second-order valence-electron chi connectivity index (χ2n) is 5.08. The van der Waals surface area contributed by atoms with Crippen LogP contribution in [0.25, 0.3) is 0 Å². The highest BCUT2D eigenvalue weighted by Gasteiger charge is 2.20. The van der Waals surface area contributed by atoms with Crippen molar-refractivity contribution in [2.75, 3.05) is 0 Å². The van der Waals surface area contributed by atoms with Crippen LogP contribution in [0, 0.1) is 0 Å². The highest BCUT2D eigenvalue weighted by Crippen LogP contribution is 2.13. The van der Waals surface area contributed by atoms with E-state index < -0.39 is 0 Å². The molecule has 2 aliphatic heterocycles. The number of fused-ring (bicyclic) bond motifs is 2. The molecule has 0 aliphatic carbocycles. The van der Waals surface area contributed by atoms with Crippen LogP contribution in [0.4, 0.5) is 0 Å². The zero-order valence-electron chi connectivity index (χ0n) is 11.6. The van der Waals surface area contributed by atoms with Crippen LogP contribution in [0.15, 0.2) is 48.5 Å². The van der Waals surface area contributed by atoms with Crippen LogP contribution in [-0.2, 0) is 24.3 Å². The van der Waals surface area contributed by atoms with Gasteiger partial charge in [-0.05, 0) is 22.8 Å². The third kappa shape index (κ3) is 3.01. The van der Waals surface area contributed by atoms with Gasteiger partial charge in [-0.2, -0.15) is 0 Å².